The van der Waals surface area contributed by atoms with Gasteiger partial charge >= 0.3 is 0 Å². The topological polar surface area (TPSA) is 67.0 Å². The number of H-pyrrole nitrogens is 1. The minimum absolute atomic E-state index is 0.203. The number of carbonyl (C=O) groups is 1. The SMILES string of the molecule is COCc1ccccc1C(=O)Nc1cc(-c2cc(C)cc(C)c2)[nH]n1. The van der Waals surface area contributed by atoms with Crippen LogP contribution in [0.5, 0.6) is 0 Å². The summed E-state index contributed by atoms with van der Waals surface area (Å²) in [6, 6.07) is 15.5. The highest BCUT2D eigenvalue weighted by Crippen LogP contribution is 2.23. The lowest BCUT2D eigenvalue weighted by Gasteiger charge is -2.07. The number of hydrogen-bond donors (Lipinski definition) is 2. The van der Waals surface area contributed by atoms with E-state index in [0.717, 1.165) is 16.8 Å². The van der Waals surface area contributed by atoms with E-state index in [2.05, 4.69) is 47.6 Å². The van der Waals surface area contributed by atoms with E-state index in [9.17, 15) is 4.79 Å². The van der Waals surface area contributed by atoms with Crippen LogP contribution in [0.2, 0.25) is 0 Å². The lowest BCUT2D eigenvalue weighted by atomic mass is 10.1. The smallest absolute Gasteiger partial charge is 0.257 e. The molecule has 0 fully saturated rings. The van der Waals surface area contributed by atoms with Crippen molar-refractivity contribution in [1.82, 2.24) is 10.2 Å². The van der Waals surface area contributed by atoms with Crippen LogP contribution < -0.4 is 5.32 Å². The van der Waals surface area contributed by atoms with Crippen LogP contribution in [-0.4, -0.2) is 23.2 Å². The van der Waals surface area contributed by atoms with E-state index >= 15 is 0 Å². The molecule has 0 spiro atoms. The largest absolute Gasteiger partial charge is 0.380 e. The van der Waals surface area contributed by atoms with Crippen molar-refractivity contribution in [3.63, 3.8) is 0 Å². The van der Waals surface area contributed by atoms with Gasteiger partial charge in [0, 0.05) is 24.3 Å². The normalized spacial score (nSPS) is 10.7. The first-order chi connectivity index (χ1) is 12.1. The van der Waals surface area contributed by atoms with Crippen LogP contribution in [0, 0.1) is 13.8 Å². The summed E-state index contributed by atoms with van der Waals surface area (Å²) in [6.07, 6.45) is 0. The standard InChI is InChI=1S/C20H21N3O2/c1-13-8-14(2)10-16(9-13)18-11-19(23-22-18)21-20(24)17-7-5-4-6-15(17)12-25-3/h4-11H,12H2,1-3H3,(H2,21,22,23,24). The van der Waals surface area contributed by atoms with Gasteiger partial charge in [0.05, 0.1) is 12.3 Å². The second-order valence-electron chi connectivity index (χ2n) is 6.09. The Morgan fingerprint density at radius 2 is 1.84 bits per heavy atom. The van der Waals surface area contributed by atoms with Crippen molar-refractivity contribution in [3.8, 4) is 11.3 Å². The molecule has 2 aromatic carbocycles. The molecular weight excluding hydrogens is 314 g/mol. The number of nitrogens with zero attached hydrogens (tertiary/aromatic N) is 1. The summed E-state index contributed by atoms with van der Waals surface area (Å²) in [5.41, 5.74) is 5.71. The van der Waals surface area contributed by atoms with Crippen molar-refractivity contribution in [1.29, 1.82) is 0 Å². The van der Waals surface area contributed by atoms with Crippen LogP contribution in [0.1, 0.15) is 27.0 Å². The van der Waals surface area contributed by atoms with Gasteiger partial charge in [-0.25, -0.2) is 0 Å². The van der Waals surface area contributed by atoms with E-state index in [-0.39, 0.29) is 5.91 Å². The average Bonchev–Trinajstić information content (AvgIpc) is 3.03. The van der Waals surface area contributed by atoms with E-state index in [1.807, 2.05) is 24.3 Å². The number of aryl methyl sites for hydroxylation is 2. The minimum atomic E-state index is -0.203. The number of benzene rings is 2. The van der Waals surface area contributed by atoms with Crippen LogP contribution in [0.25, 0.3) is 11.3 Å². The van der Waals surface area contributed by atoms with E-state index in [0.29, 0.717) is 18.0 Å². The first kappa shape index (κ1) is 16.9. The molecule has 3 aromatic rings. The number of aromatic nitrogens is 2. The molecular formula is C20H21N3O2. The van der Waals surface area contributed by atoms with E-state index in [4.69, 9.17) is 4.74 Å². The number of methoxy groups -OCH3 is 1. The summed E-state index contributed by atoms with van der Waals surface area (Å²) < 4.78 is 5.15. The Morgan fingerprint density at radius 1 is 1.12 bits per heavy atom. The van der Waals surface area contributed by atoms with Gasteiger partial charge in [0.2, 0.25) is 0 Å². The van der Waals surface area contributed by atoms with Crippen molar-refractivity contribution in [2.45, 2.75) is 20.5 Å². The number of nitrogens with one attached hydrogen (secondary N) is 2. The molecule has 0 saturated carbocycles. The van der Waals surface area contributed by atoms with E-state index in [1.165, 1.54) is 11.1 Å². The minimum Gasteiger partial charge on any atom is -0.380 e. The molecule has 0 saturated heterocycles. The molecule has 1 heterocycles. The van der Waals surface area contributed by atoms with Crippen molar-refractivity contribution < 1.29 is 9.53 Å². The third-order valence-corrected chi connectivity index (χ3v) is 3.91. The zero-order valence-electron chi connectivity index (χ0n) is 14.6. The summed E-state index contributed by atoms with van der Waals surface area (Å²) in [7, 11) is 1.61. The third-order valence-electron chi connectivity index (χ3n) is 3.91. The molecule has 0 aliphatic rings. The molecule has 0 unspecified atom stereocenters. The number of carbonyl (C=O) groups excluding carboxylic acids is 1. The number of aromatic amines is 1. The van der Waals surface area contributed by atoms with Gasteiger partial charge in [0.15, 0.2) is 5.82 Å². The van der Waals surface area contributed by atoms with Gasteiger partial charge in [-0.05, 0) is 37.6 Å². The van der Waals surface area contributed by atoms with Gasteiger partial charge in [-0.3, -0.25) is 9.89 Å². The fourth-order valence-electron chi connectivity index (χ4n) is 2.87. The van der Waals surface area contributed by atoms with Crippen molar-refractivity contribution in [2.24, 2.45) is 0 Å². The Hall–Kier alpha value is -2.92. The van der Waals surface area contributed by atoms with Crippen LogP contribution in [0.3, 0.4) is 0 Å². The molecule has 128 valence electrons. The van der Waals surface area contributed by atoms with E-state index < -0.39 is 0 Å². The highest BCUT2D eigenvalue weighted by molar-refractivity contribution is 6.05. The molecule has 0 atom stereocenters. The first-order valence-electron chi connectivity index (χ1n) is 8.09. The fourth-order valence-corrected chi connectivity index (χ4v) is 2.87. The van der Waals surface area contributed by atoms with Crippen molar-refractivity contribution >= 4 is 11.7 Å². The predicted octanol–water partition coefficient (Wildman–Crippen LogP) is 4.09. The number of rotatable bonds is 5. The molecule has 0 radical (unpaired) electrons. The third kappa shape index (κ3) is 3.95. The second-order valence-corrected chi connectivity index (χ2v) is 6.09. The Balaban J connectivity index is 1.81. The number of ether oxygens (including phenoxy) is 1. The van der Waals surface area contributed by atoms with Crippen LogP contribution >= 0.6 is 0 Å². The number of anilines is 1. The molecule has 5 nitrogen and oxygen atoms in total. The Bertz CT molecular complexity index is 879. The maximum absolute atomic E-state index is 12.5. The monoisotopic (exact) mass is 335 g/mol. The highest BCUT2D eigenvalue weighted by atomic mass is 16.5. The van der Waals surface area contributed by atoms with Gasteiger partial charge in [-0.1, -0.05) is 35.4 Å². The molecule has 25 heavy (non-hydrogen) atoms. The quantitative estimate of drug-likeness (QED) is 0.738. The van der Waals surface area contributed by atoms with Gasteiger partial charge < -0.3 is 10.1 Å². The summed E-state index contributed by atoms with van der Waals surface area (Å²) >= 11 is 0. The summed E-state index contributed by atoms with van der Waals surface area (Å²) in [4.78, 5) is 12.5. The van der Waals surface area contributed by atoms with Crippen LogP contribution in [0.4, 0.5) is 5.82 Å². The van der Waals surface area contributed by atoms with Gasteiger partial charge in [0.25, 0.3) is 5.91 Å². The molecule has 0 aliphatic carbocycles. The Kier molecular flexibility index (Phi) is 4.95. The summed E-state index contributed by atoms with van der Waals surface area (Å²) in [5, 5.41) is 10.0. The number of amides is 1. The van der Waals surface area contributed by atoms with Gasteiger partial charge in [-0.2, -0.15) is 5.10 Å². The molecule has 2 N–H and O–H groups in total. The Labute approximate surface area is 147 Å². The second kappa shape index (κ2) is 7.32. The number of hydrogen-bond acceptors (Lipinski definition) is 3. The van der Waals surface area contributed by atoms with E-state index in [1.54, 1.807) is 13.2 Å². The first-order valence-corrected chi connectivity index (χ1v) is 8.09. The molecule has 0 aliphatic heterocycles. The molecule has 3 rings (SSSR count). The molecule has 1 amide bonds. The lowest BCUT2D eigenvalue weighted by Crippen LogP contribution is -2.14. The van der Waals surface area contributed by atoms with Crippen molar-refractivity contribution in [3.05, 3.63) is 70.8 Å². The zero-order chi connectivity index (χ0) is 17.8. The van der Waals surface area contributed by atoms with Gasteiger partial charge in [-0.15, -0.1) is 0 Å². The average molecular weight is 335 g/mol. The Morgan fingerprint density at radius 3 is 2.56 bits per heavy atom. The van der Waals surface area contributed by atoms with Crippen LogP contribution in [-0.2, 0) is 11.3 Å². The lowest BCUT2D eigenvalue weighted by molar-refractivity contribution is 0.102. The summed E-state index contributed by atoms with van der Waals surface area (Å²) in [5.74, 6) is 0.289. The molecule has 1 aromatic heterocycles. The predicted molar refractivity (Wildman–Crippen MR) is 98.6 cm³/mol. The fraction of sp³-hybridized carbons (Fsp3) is 0.200. The zero-order valence-corrected chi connectivity index (χ0v) is 14.6. The highest BCUT2D eigenvalue weighted by Gasteiger charge is 2.13. The molecule has 0 bridgehead atoms. The van der Waals surface area contributed by atoms with Crippen LogP contribution in [0.15, 0.2) is 48.5 Å². The maximum Gasteiger partial charge on any atom is 0.257 e. The van der Waals surface area contributed by atoms with Gasteiger partial charge in [0.1, 0.15) is 0 Å². The molecule has 5 heteroatoms. The maximum atomic E-state index is 12.5. The summed E-state index contributed by atoms with van der Waals surface area (Å²) in [6.45, 7) is 4.50. The van der Waals surface area contributed by atoms with Crippen molar-refractivity contribution in [2.75, 3.05) is 12.4 Å².